The van der Waals surface area contributed by atoms with Crippen LogP contribution >= 0.6 is 11.3 Å². The molecule has 0 aromatic carbocycles. The maximum Gasteiger partial charge on any atom is 0.345 e. The Labute approximate surface area is 137 Å². The SMILES string of the molecule is Cc1cc(-c2[nH]c3cc(C(=O)O)sc3c2C(C)C)cn(C)c1=O. The van der Waals surface area contributed by atoms with Crippen molar-refractivity contribution >= 4 is 27.5 Å². The van der Waals surface area contributed by atoms with Crippen molar-refractivity contribution in [2.24, 2.45) is 7.05 Å². The van der Waals surface area contributed by atoms with Crippen molar-refractivity contribution in [2.45, 2.75) is 26.7 Å². The summed E-state index contributed by atoms with van der Waals surface area (Å²) in [6.07, 6.45) is 1.81. The molecule has 0 amide bonds. The molecule has 2 N–H and O–H groups in total. The monoisotopic (exact) mass is 330 g/mol. The fraction of sp³-hybridized carbons (Fsp3) is 0.294. The topological polar surface area (TPSA) is 75.1 Å². The second-order valence-electron chi connectivity index (χ2n) is 6.05. The minimum Gasteiger partial charge on any atom is -0.477 e. The molecular formula is C17H18N2O3S. The van der Waals surface area contributed by atoms with Crippen molar-refractivity contribution in [3.8, 4) is 11.3 Å². The third-order valence-electron chi connectivity index (χ3n) is 3.94. The number of thiophene rings is 1. The zero-order valence-corrected chi connectivity index (χ0v) is 14.2. The highest BCUT2D eigenvalue weighted by atomic mass is 32.1. The Kier molecular flexibility index (Phi) is 3.64. The number of carbonyl (C=O) groups is 1. The number of aromatic carboxylic acids is 1. The molecule has 0 unspecified atom stereocenters. The first-order valence-corrected chi connectivity index (χ1v) is 8.17. The van der Waals surface area contributed by atoms with Crippen LogP contribution in [0.2, 0.25) is 0 Å². The molecule has 5 nitrogen and oxygen atoms in total. The van der Waals surface area contributed by atoms with Crippen LogP contribution in [0.3, 0.4) is 0 Å². The van der Waals surface area contributed by atoms with E-state index in [4.69, 9.17) is 0 Å². The van der Waals surface area contributed by atoms with Gasteiger partial charge >= 0.3 is 5.97 Å². The first-order chi connectivity index (χ1) is 10.8. The fourth-order valence-corrected chi connectivity index (χ4v) is 4.05. The number of pyridine rings is 1. The molecule has 0 saturated carbocycles. The summed E-state index contributed by atoms with van der Waals surface area (Å²) in [5, 5.41) is 9.18. The summed E-state index contributed by atoms with van der Waals surface area (Å²) < 4.78 is 2.55. The Balaban J connectivity index is 2.29. The minimum atomic E-state index is -0.909. The van der Waals surface area contributed by atoms with Gasteiger partial charge in [0.15, 0.2) is 0 Å². The van der Waals surface area contributed by atoms with Crippen LogP contribution in [0.4, 0.5) is 0 Å². The molecule has 3 rings (SSSR count). The Bertz CT molecular complexity index is 950. The third-order valence-corrected chi connectivity index (χ3v) is 5.10. The van der Waals surface area contributed by atoms with Crippen LogP contribution in [0.5, 0.6) is 0 Å². The lowest BCUT2D eigenvalue weighted by Crippen LogP contribution is -2.18. The quantitative estimate of drug-likeness (QED) is 0.768. The Morgan fingerprint density at radius 3 is 2.61 bits per heavy atom. The normalized spacial score (nSPS) is 11.5. The first kappa shape index (κ1) is 15.6. The molecule has 23 heavy (non-hydrogen) atoms. The van der Waals surface area contributed by atoms with Crippen molar-refractivity contribution < 1.29 is 9.90 Å². The maximum atomic E-state index is 11.9. The fourth-order valence-electron chi connectivity index (χ4n) is 2.90. The van der Waals surface area contributed by atoms with Gasteiger partial charge in [-0.05, 0) is 30.5 Å². The zero-order chi connectivity index (χ0) is 16.9. The van der Waals surface area contributed by atoms with E-state index in [2.05, 4.69) is 18.8 Å². The van der Waals surface area contributed by atoms with Gasteiger partial charge in [-0.15, -0.1) is 11.3 Å². The van der Waals surface area contributed by atoms with E-state index in [0.29, 0.717) is 10.4 Å². The number of nitrogens with one attached hydrogen (secondary N) is 1. The summed E-state index contributed by atoms with van der Waals surface area (Å²) in [7, 11) is 1.74. The van der Waals surface area contributed by atoms with E-state index in [1.54, 1.807) is 24.6 Å². The predicted molar refractivity (Wildman–Crippen MR) is 92.6 cm³/mol. The van der Waals surface area contributed by atoms with Gasteiger partial charge in [-0.3, -0.25) is 4.79 Å². The second kappa shape index (κ2) is 5.38. The summed E-state index contributed by atoms with van der Waals surface area (Å²) in [4.78, 5) is 26.8. The number of hydrogen-bond donors (Lipinski definition) is 2. The minimum absolute atomic E-state index is 0.0126. The van der Waals surface area contributed by atoms with Gasteiger partial charge in [0.25, 0.3) is 5.56 Å². The van der Waals surface area contributed by atoms with E-state index in [0.717, 1.165) is 27.0 Å². The summed E-state index contributed by atoms with van der Waals surface area (Å²) >= 11 is 1.29. The van der Waals surface area contributed by atoms with Crippen molar-refractivity contribution in [1.82, 2.24) is 9.55 Å². The smallest absolute Gasteiger partial charge is 0.345 e. The molecule has 0 saturated heterocycles. The van der Waals surface area contributed by atoms with Crippen molar-refractivity contribution in [3.63, 3.8) is 0 Å². The van der Waals surface area contributed by atoms with Gasteiger partial charge in [0.05, 0.1) is 15.9 Å². The Hall–Kier alpha value is -2.34. The highest BCUT2D eigenvalue weighted by Gasteiger charge is 2.21. The number of hydrogen-bond acceptors (Lipinski definition) is 3. The zero-order valence-electron chi connectivity index (χ0n) is 13.4. The van der Waals surface area contributed by atoms with E-state index in [-0.39, 0.29) is 11.5 Å². The van der Waals surface area contributed by atoms with E-state index in [1.165, 1.54) is 11.3 Å². The lowest BCUT2D eigenvalue weighted by Gasteiger charge is -2.10. The number of aromatic amines is 1. The molecule has 6 heteroatoms. The molecule has 3 aromatic rings. The van der Waals surface area contributed by atoms with Gasteiger partial charge in [-0.25, -0.2) is 4.79 Å². The average Bonchev–Trinajstić information content (AvgIpc) is 3.00. The molecule has 0 aliphatic rings. The van der Waals surface area contributed by atoms with Gasteiger partial charge in [0.1, 0.15) is 4.88 Å². The molecule has 0 radical (unpaired) electrons. The number of H-pyrrole nitrogens is 1. The Morgan fingerprint density at radius 2 is 2.04 bits per heavy atom. The third kappa shape index (κ3) is 2.49. The van der Waals surface area contributed by atoms with E-state index in [1.807, 2.05) is 12.3 Å². The number of aryl methyl sites for hydroxylation is 2. The molecule has 3 aromatic heterocycles. The Morgan fingerprint density at radius 1 is 1.35 bits per heavy atom. The summed E-state index contributed by atoms with van der Waals surface area (Å²) in [5.41, 5.74) is 4.49. The molecule has 0 aliphatic heterocycles. The lowest BCUT2D eigenvalue weighted by atomic mass is 9.99. The molecule has 0 bridgehead atoms. The molecule has 3 heterocycles. The number of fused-ring (bicyclic) bond motifs is 1. The number of rotatable bonds is 3. The lowest BCUT2D eigenvalue weighted by molar-refractivity contribution is 0.0702. The molecular weight excluding hydrogens is 312 g/mol. The van der Waals surface area contributed by atoms with E-state index < -0.39 is 5.97 Å². The van der Waals surface area contributed by atoms with Crippen molar-refractivity contribution in [3.05, 3.63) is 44.7 Å². The number of aromatic nitrogens is 2. The molecule has 120 valence electrons. The van der Waals surface area contributed by atoms with Crippen LogP contribution in [-0.4, -0.2) is 20.6 Å². The van der Waals surface area contributed by atoms with Crippen LogP contribution in [-0.2, 0) is 7.05 Å². The van der Waals surface area contributed by atoms with Crippen molar-refractivity contribution in [1.29, 1.82) is 0 Å². The van der Waals surface area contributed by atoms with Gasteiger partial charge < -0.3 is 14.7 Å². The van der Waals surface area contributed by atoms with E-state index >= 15 is 0 Å². The van der Waals surface area contributed by atoms with E-state index in [9.17, 15) is 14.7 Å². The van der Waals surface area contributed by atoms with Crippen LogP contribution in [0.25, 0.3) is 21.5 Å². The highest BCUT2D eigenvalue weighted by molar-refractivity contribution is 7.21. The van der Waals surface area contributed by atoms with Crippen LogP contribution in [0, 0.1) is 6.92 Å². The number of carboxylic acid groups (broad SMARTS) is 1. The second-order valence-corrected chi connectivity index (χ2v) is 7.11. The standard InChI is InChI=1S/C17H18N2O3S/c1-8(2)13-14(10-5-9(3)16(20)19(4)7-10)18-11-6-12(17(21)22)23-15(11)13/h5-8,18H,1-4H3,(H,21,22). The average molecular weight is 330 g/mol. The first-order valence-electron chi connectivity index (χ1n) is 7.36. The van der Waals surface area contributed by atoms with Crippen LogP contribution in [0.1, 0.15) is 40.6 Å². The van der Waals surface area contributed by atoms with Gasteiger partial charge in [0.2, 0.25) is 0 Å². The summed E-state index contributed by atoms with van der Waals surface area (Å²) in [5.74, 6) is -0.676. The van der Waals surface area contributed by atoms with Crippen molar-refractivity contribution in [2.75, 3.05) is 0 Å². The summed E-state index contributed by atoms with van der Waals surface area (Å²) in [6.45, 7) is 5.97. The molecule has 0 atom stereocenters. The predicted octanol–water partition coefficient (Wildman–Crippen LogP) is 3.73. The maximum absolute atomic E-state index is 11.9. The van der Waals surface area contributed by atoms with Gasteiger partial charge in [0, 0.05) is 24.4 Å². The van der Waals surface area contributed by atoms with Crippen LogP contribution < -0.4 is 5.56 Å². The molecule has 0 fully saturated rings. The molecule has 0 aliphatic carbocycles. The number of nitrogens with zero attached hydrogens (tertiary/aromatic N) is 1. The van der Waals surface area contributed by atoms with Crippen LogP contribution in [0.15, 0.2) is 23.1 Å². The largest absolute Gasteiger partial charge is 0.477 e. The highest BCUT2D eigenvalue weighted by Crippen LogP contribution is 2.39. The summed E-state index contributed by atoms with van der Waals surface area (Å²) in [6, 6.07) is 3.55. The molecule has 0 spiro atoms. The van der Waals surface area contributed by atoms with Gasteiger partial charge in [-0.2, -0.15) is 0 Å². The number of carboxylic acids is 1. The van der Waals surface area contributed by atoms with Gasteiger partial charge in [-0.1, -0.05) is 13.8 Å².